The summed E-state index contributed by atoms with van der Waals surface area (Å²) >= 11 is 0. The average Bonchev–Trinajstić information content (AvgIpc) is 2.47. The molecule has 2 fully saturated rings. The topological polar surface area (TPSA) is 34.2 Å². The minimum absolute atomic E-state index is 0.306. The second-order valence-electron chi connectivity index (χ2n) is 6.66. The summed E-state index contributed by atoms with van der Waals surface area (Å²) in [6, 6.07) is 4.33. The molecule has 0 unspecified atom stereocenters. The molecule has 3 heteroatoms. The molecule has 1 aromatic heterocycles. The number of aromatic nitrogens is 1. The van der Waals surface area contributed by atoms with Crippen molar-refractivity contribution in [1.29, 1.82) is 0 Å². The van der Waals surface area contributed by atoms with Crippen molar-refractivity contribution in [3.05, 3.63) is 30.1 Å². The zero-order valence-electron chi connectivity index (χ0n) is 12.5. The fourth-order valence-corrected chi connectivity index (χ4v) is 4.15. The summed E-state index contributed by atoms with van der Waals surface area (Å²) in [4.78, 5) is 4.34. The molecule has 1 saturated carbocycles. The summed E-state index contributed by atoms with van der Waals surface area (Å²) in [6.07, 6.45) is 10.2. The van der Waals surface area contributed by atoms with Gasteiger partial charge in [0.15, 0.2) is 0 Å². The van der Waals surface area contributed by atoms with Crippen molar-refractivity contribution >= 4 is 0 Å². The molecule has 1 saturated heterocycles. The summed E-state index contributed by atoms with van der Waals surface area (Å²) < 4.78 is 5.55. The van der Waals surface area contributed by atoms with E-state index in [0.29, 0.717) is 10.8 Å². The molecule has 1 spiro atoms. The van der Waals surface area contributed by atoms with Gasteiger partial charge in [-0.25, -0.2) is 0 Å². The largest absolute Gasteiger partial charge is 0.381 e. The van der Waals surface area contributed by atoms with E-state index >= 15 is 0 Å². The maximum atomic E-state index is 5.55. The van der Waals surface area contributed by atoms with Crippen molar-refractivity contribution in [3.63, 3.8) is 0 Å². The Morgan fingerprint density at radius 1 is 1.30 bits per heavy atom. The number of nitrogens with one attached hydrogen (secondary N) is 1. The summed E-state index contributed by atoms with van der Waals surface area (Å²) in [5, 5.41) is 3.64. The molecule has 1 N–H and O–H groups in total. The van der Waals surface area contributed by atoms with Crippen LogP contribution in [0.5, 0.6) is 0 Å². The van der Waals surface area contributed by atoms with Crippen LogP contribution in [0.15, 0.2) is 24.5 Å². The molecule has 0 bridgehead atoms. The van der Waals surface area contributed by atoms with E-state index in [1.54, 1.807) is 0 Å². The summed E-state index contributed by atoms with van der Waals surface area (Å²) in [6.45, 7) is 6.33. The first-order chi connectivity index (χ1) is 9.79. The second-order valence-corrected chi connectivity index (χ2v) is 6.66. The number of nitrogens with zero attached hydrogens (tertiary/aromatic N) is 1. The Hall–Kier alpha value is -0.930. The molecule has 2 aliphatic rings. The van der Waals surface area contributed by atoms with E-state index in [1.807, 2.05) is 6.20 Å². The van der Waals surface area contributed by atoms with Crippen molar-refractivity contribution in [1.82, 2.24) is 10.3 Å². The van der Waals surface area contributed by atoms with Gasteiger partial charge in [0.05, 0.1) is 0 Å². The van der Waals surface area contributed by atoms with Crippen LogP contribution in [0.4, 0.5) is 0 Å². The van der Waals surface area contributed by atoms with Gasteiger partial charge in [0.2, 0.25) is 0 Å². The van der Waals surface area contributed by atoms with Crippen molar-refractivity contribution in [2.75, 3.05) is 26.3 Å². The highest BCUT2D eigenvalue weighted by atomic mass is 16.5. The van der Waals surface area contributed by atoms with E-state index in [-0.39, 0.29) is 0 Å². The Labute approximate surface area is 122 Å². The molecule has 2 heterocycles. The predicted molar refractivity (Wildman–Crippen MR) is 80.8 cm³/mol. The highest BCUT2D eigenvalue weighted by Crippen LogP contribution is 2.59. The number of ether oxygens (including phenoxy) is 1. The fraction of sp³-hybridized carbons (Fsp3) is 0.706. The third kappa shape index (κ3) is 2.61. The maximum absolute atomic E-state index is 5.55. The van der Waals surface area contributed by atoms with Crippen molar-refractivity contribution in [3.8, 4) is 0 Å². The lowest BCUT2D eigenvalue weighted by Gasteiger charge is -2.58. The van der Waals surface area contributed by atoms with Gasteiger partial charge in [-0.3, -0.25) is 4.98 Å². The van der Waals surface area contributed by atoms with Crippen molar-refractivity contribution in [2.45, 2.75) is 44.4 Å². The lowest BCUT2D eigenvalue weighted by atomic mass is 9.48. The van der Waals surface area contributed by atoms with Gasteiger partial charge in [0.1, 0.15) is 0 Å². The first kappa shape index (κ1) is 14.0. The van der Waals surface area contributed by atoms with Gasteiger partial charge in [-0.05, 0) is 55.7 Å². The third-order valence-corrected chi connectivity index (χ3v) is 5.14. The molecule has 1 aromatic rings. The fourth-order valence-electron chi connectivity index (χ4n) is 4.15. The zero-order chi connectivity index (χ0) is 13.9. The van der Waals surface area contributed by atoms with Crippen LogP contribution in [0.1, 0.15) is 44.6 Å². The Balaban J connectivity index is 1.73. The van der Waals surface area contributed by atoms with Crippen LogP contribution >= 0.6 is 0 Å². The van der Waals surface area contributed by atoms with E-state index in [1.165, 1.54) is 37.7 Å². The van der Waals surface area contributed by atoms with Gasteiger partial charge in [-0.1, -0.05) is 13.0 Å². The summed E-state index contributed by atoms with van der Waals surface area (Å²) in [5.41, 5.74) is 2.27. The molecule has 0 radical (unpaired) electrons. The van der Waals surface area contributed by atoms with Crippen LogP contribution in [0.3, 0.4) is 0 Å². The lowest BCUT2D eigenvalue weighted by molar-refractivity contribution is -0.0737. The Morgan fingerprint density at radius 3 is 2.75 bits per heavy atom. The SMILES string of the molecule is CCCNCC1(c2cccnc2)CC2(CCOCC2)C1. The smallest absolute Gasteiger partial charge is 0.0471 e. The molecule has 3 rings (SSSR count). The van der Waals surface area contributed by atoms with Crippen LogP contribution in [-0.2, 0) is 10.2 Å². The molecular weight excluding hydrogens is 248 g/mol. The Kier molecular flexibility index (Phi) is 4.08. The van der Waals surface area contributed by atoms with Crippen molar-refractivity contribution < 1.29 is 4.74 Å². The van der Waals surface area contributed by atoms with Crippen LogP contribution in [0.2, 0.25) is 0 Å². The molecule has 110 valence electrons. The molecule has 0 aromatic carbocycles. The number of rotatable bonds is 5. The van der Waals surface area contributed by atoms with E-state index in [4.69, 9.17) is 4.74 Å². The standard InChI is InChI=1S/C17H26N2O/c1-2-7-19-14-17(15-4-3-8-18-11-15)12-16(13-17)5-9-20-10-6-16/h3-4,8,11,19H,2,5-7,9-10,12-14H2,1H3. The maximum Gasteiger partial charge on any atom is 0.0471 e. The normalized spacial score (nSPS) is 23.4. The molecule has 0 atom stereocenters. The monoisotopic (exact) mass is 274 g/mol. The van der Waals surface area contributed by atoms with Crippen LogP contribution in [0, 0.1) is 5.41 Å². The van der Waals surface area contributed by atoms with E-state index in [0.717, 1.165) is 26.3 Å². The highest BCUT2D eigenvalue weighted by Gasteiger charge is 2.55. The summed E-state index contributed by atoms with van der Waals surface area (Å²) in [5.74, 6) is 0. The van der Waals surface area contributed by atoms with E-state index in [2.05, 4.69) is 35.6 Å². The van der Waals surface area contributed by atoms with Crippen LogP contribution < -0.4 is 5.32 Å². The number of pyridine rings is 1. The molecule has 0 amide bonds. The minimum atomic E-state index is 0.306. The molecule has 20 heavy (non-hydrogen) atoms. The summed E-state index contributed by atoms with van der Waals surface area (Å²) in [7, 11) is 0. The van der Waals surface area contributed by atoms with Gasteiger partial charge >= 0.3 is 0 Å². The van der Waals surface area contributed by atoms with Crippen LogP contribution in [0.25, 0.3) is 0 Å². The lowest BCUT2D eigenvalue weighted by Crippen LogP contribution is -2.56. The Morgan fingerprint density at radius 2 is 2.10 bits per heavy atom. The van der Waals surface area contributed by atoms with E-state index in [9.17, 15) is 0 Å². The minimum Gasteiger partial charge on any atom is -0.381 e. The average molecular weight is 274 g/mol. The van der Waals surface area contributed by atoms with Gasteiger partial charge in [-0.2, -0.15) is 0 Å². The third-order valence-electron chi connectivity index (χ3n) is 5.14. The van der Waals surface area contributed by atoms with Crippen LogP contribution in [-0.4, -0.2) is 31.3 Å². The molecule has 1 aliphatic carbocycles. The Bertz CT molecular complexity index is 418. The first-order valence-corrected chi connectivity index (χ1v) is 7.98. The predicted octanol–water partition coefficient (Wildman–Crippen LogP) is 2.91. The van der Waals surface area contributed by atoms with Gasteiger partial charge < -0.3 is 10.1 Å². The quantitative estimate of drug-likeness (QED) is 0.838. The number of hydrogen-bond acceptors (Lipinski definition) is 3. The van der Waals surface area contributed by atoms with E-state index < -0.39 is 0 Å². The zero-order valence-corrected chi connectivity index (χ0v) is 12.5. The molecule has 1 aliphatic heterocycles. The highest BCUT2D eigenvalue weighted by molar-refractivity contribution is 5.29. The van der Waals surface area contributed by atoms with Gasteiger partial charge in [0, 0.05) is 37.6 Å². The van der Waals surface area contributed by atoms with Gasteiger partial charge in [-0.15, -0.1) is 0 Å². The molecule has 3 nitrogen and oxygen atoms in total. The first-order valence-electron chi connectivity index (χ1n) is 7.98. The van der Waals surface area contributed by atoms with Gasteiger partial charge in [0.25, 0.3) is 0 Å². The van der Waals surface area contributed by atoms with Crippen molar-refractivity contribution in [2.24, 2.45) is 5.41 Å². The number of hydrogen-bond donors (Lipinski definition) is 1. The second kappa shape index (κ2) is 5.82. The molecular formula is C17H26N2O.